The maximum atomic E-state index is 10.6. The third kappa shape index (κ3) is 6.58. The van der Waals surface area contributed by atoms with Crippen LogP contribution in [0, 0.1) is 0 Å². The lowest BCUT2D eigenvalue weighted by molar-refractivity contribution is 0.184. The maximum absolute atomic E-state index is 10.6. The van der Waals surface area contributed by atoms with E-state index in [0.717, 1.165) is 17.0 Å². The molecule has 0 bridgehead atoms. The highest BCUT2D eigenvalue weighted by Crippen LogP contribution is 2.29. The lowest BCUT2D eigenvalue weighted by Crippen LogP contribution is -2.39. The van der Waals surface area contributed by atoms with Crippen molar-refractivity contribution in [2.75, 3.05) is 32.1 Å². The van der Waals surface area contributed by atoms with E-state index in [9.17, 15) is 5.11 Å². The molecular weight excluding hydrogens is 495 g/mol. The molecular formula is C22H29IN4OS. The number of fused-ring (bicyclic) bond motifs is 1. The zero-order valence-electron chi connectivity index (χ0n) is 17.1. The topological polar surface area (TPSA) is 59.9 Å². The minimum absolute atomic E-state index is 0. The van der Waals surface area contributed by atoms with Gasteiger partial charge in [0.25, 0.3) is 0 Å². The van der Waals surface area contributed by atoms with Crippen molar-refractivity contribution in [3.05, 3.63) is 65.0 Å². The zero-order valence-corrected chi connectivity index (χ0v) is 20.2. The minimum atomic E-state index is -0.569. The molecule has 3 aromatic rings. The SMILES string of the molecule is CCNC(=NCc1ccc(N(C)C)cc1)NCC(O)c1cc2ccccc2s1.I. The lowest BCUT2D eigenvalue weighted by atomic mass is 10.2. The molecule has 0 aliphatic carbocycles. The zero-order chi connectivity index (χ0) is 19.9. The summed E-state index contributed by atoms with van der Waals surface area (Å²) in [6.07, 6.45) is -0.569. The highest BCUT2D eigenvalue weighted by atomic mass is 127. The number of rotatable bonds is 7. The van der Waals surface area contributed by atoms with Gasteiger partial charge in [-0.05, 0) is 42.1 Å². The van der Waals surface area contributed by atoms with Gasteiger partial charge in [-0.1, -0.05) is 30.3 Å². The monoisotopic (exact) mass is 524 g/mol. The molecule has 0 aliphatic heterocycles. The van der Waals surface area contributed by atoms with E-state index in [-0.39, 0.29) is 24.0 Å². The predicted octanol–water partition coefficient (Wildman–Crippen LogP) is 4.37. The summed E-state index contributed by atoms with van der Waals surface area (Å²) in [5, 5.41) is 18.2. The summed E-state index contributed by atoms with van der Waals surface area (Å²) in [5.41, 5.74) is 2.32. The molecule has 0 spiro atoms. The van der Waals surface area contributed by atoms with Crippen LogP contribution in [-0.4, -0.2) is 38.3 Å². The molecule has 1 atom stereocenters. The molecule has 7 heteroatoms. The number of aliphatic hydroxyl groups excluding tert-OH is 1. The van der Waals surface area contributed by atoms with Gasteiger partial charge in [-0.3, -0.25) is 0 Å². The van der Waals surface area contributed by atoms with Gasteiger partial charge in [0.15, 0.2) is 5.96 Å². The quantitative estimate of drug-likeness (QED) is 0.244. The molecule has 1 unspecified atom stereocenters. The first kappa shape index (κ1) is 23.4. The van der Waals surface area contributed by atoms with Gasteiger partial charge in [0, 0.05) is 42.4 Å². The second-order valence-corrected chi connectivity index (χ2v) is 7.95. The van der Waals surface area contributed by atoms with Crippen molar-refractivity contribution in [1.82, 2.24) is 10.6 Å². The molecule has 0 fully saturated rings. The van der Waals surface area contributed by atoms with E-state index in [1.807, 2.05) is 33.2 Å². The van der Waals surface area contributed by atoms with Gasteiger partial charge in [-0.2, -0.15) is 0 Å². The predicted molar refractivity (Wildman–Crippen MR) is 136 cm³/mol. The molecule has 3 rings (SSSR count). The molecule has 0 aliphatic rings. The standard InChI is InChI=1S/C22H28N4OS.HI/c1-4-23-22(24-14-16-9-11-18(12-10-16)26(2)3)25-15-19(27)21-13-17-7-5-6-8-20(17)28-21;/h5-13,19,27H,4,14-15H2,1-3H3,(H2,23,24,25);1H. The van der Waals surface area contributed by atoms with Crippen LogP contribution in [0.5, 0.6) is 0 Å². The van der Waals surface area contributed by atoms with Crippen molar-refractivity contribution >= 4 is 57.0 Å². The third-order valence-corrected chi connectivity index (χ3v) is 5.67. The number of aliphatic hydroxyl groups is 1. The number of benzene rings is 2. The van der Waals surface area contributed by atoms with Gasteiger partial charge < -0.3 is 20.6 Å². The smallest absolute Gasteiger partial charge is 0.191 e. The summed E-state index contributed by atoms with van der Waals surface area (Å²) in [7, 11) is 4.06. The molecule has 0 saturated heterocycles. The molecule has 29 heavy (non-hydrogen) atoms. The number of halogens is 1. The summed E-state index contributed by atoms with van der Waals surface area (Å²) < 4.78 is 1.19. The van der Waals surface area contributed by atoms with Gasteiger partial charge in [0.1, 0.15) is 6.10 Å². The number of hydrogen-bond acceptors (Lipinski definition) is 4. The Bertz CT molecular complexity index is 891. The minimum Gasteiger partial charge on any atom is -0.386 e. The van der Waals surface area contributed by atoms with Crippen molar-refractivity contribution in [2.45, 2.75) is 19.6 Å². The van der Waals surface area contributed by atoms with Crippen LogP contribution in [0.2, 0.25) is 0 Å². The Hall–Kier alpha value is -1.84. The summed E-state index contributed by atoms with van der Waals surface area (Å²) >= 11 is 1.63. The summed E-state index contributed by atoms with van der Waals surface area (Å²) in [6, 6.07) is 18.6. The van der Waals surface area contributed by atoms with Crippen molar-refractivity contribution in [3.8, 4) is 0 Å². The van der Waals surface area contributed by atoms with E-state index in [1.165, 1.54) is 15.8 Å². The molecule has 156 valence electrons. The fraction of sp³-hybridized carbons (Fsp3) is 0.318. The number of nitrogens with one attached hydrogen (secondary N) is 2. The first-order valence-corrected chi connectivity index (χ1v) is 10.3. The molecule has 2 aromatic carbocycles. The summed E-state index contributed by atoms with van der Waals surface area (Å²) in [6.45, 7) is 3.80. The van der Waals surface area contributed by atoms with E-state index in [0.29, 0.717) is 19.0 Å². The van der Waals surface area contributed by atoms with Gasteiger partial charge in [0.05, 0.1) is 6.54 Å². The van der Waals surface area contributed by atoms with Crippen LogP contribution in [0.1, 0.15) is 23.5 Å². The largest absolute Gasteiger partial charge is 0.386 e. The van der Waals surface area contributed by atoms with Crippen LogP contribution in [0.15, 0.2) is 59.6 Å². The average Bonchev–Trinajstić information content (AvgIpc) is 3.14. The van der Waals surface area contributed by atoms with Crippen LogP contribution in [0.25, 0.3) is 10.1 Å². The number of thiophene rings is 1. The molecule has 1 heterocycles. The van der Waals surface area contributed by atoms with Crippen LogP contribution in [0.3, 0.4) is 0 Å². The number of anilines is 1. The first-order valence-electron chi connectivity index (χ1n) is 9.52. The summed E-state index contributed by atoms with van der Waals surface area (Å²) in [5.74, 6) is 0.708. The van der Waals surface area contributed by atoms with Gasteiger partial charge >= 0.3 is 0 Å². The number of nitrogens with zero attached hydrogens (tertiary/aromatic N) is 2. The maximum Gasteiger partial charge on any atom is 0.191 e. The molecule has 3 N–H and O–H groups in total. The Balaban J connectivity index is 0.00000300. The Morgan fingerprint density at radius 1 is 1.10 bits per heavy atom. The highest BCUT2D eigenvalue weighted by molar-refractivity contribution is 14.0. The third-order valence-electron chi connectivity index (χ3n) is 4.45. The van der Waals surface area contributed by atoms with E-state index < -0.39 is 6.10 Å². The highest BCUT2D eigenvalue weighted by Gasteiger charge is 2.12. The molecule has 0 saturated carbocycles. The van der Waals surface area contributed by atoms with Crippen molar-refractivity contribution in [2.24, 2.45) is 4.99 Å². The fourth-order valence-corrected chi connectivity index (χ4v) is 3.92. The fourth-order valence-electron chi connectivity index (χ4n) is 2.87. The lowest BCUT2D eigenvalue weighted by Gasteiger charge is -2.15. The van der Waals surface area contributed by atoms with E-state index in [2.05, 4.69) is 63.0 Å². The first-order chi connectivity index (χ1) is 13.6. The Morgan fingerprint density at radius 3 is 2.48 bits per heavy atom. The van der Waals surface area contributed by atoms with Gasteiger partial charge in [-0.25, -0.2) is 4.99 Å². The normalized spacial score (nSPS) is 12.3. The van der Waals surface area contributed by atoms with Crippen LogP contribution in [0.4, 0.5) is 5.69 Å². The second kappa shape index (κ2) is 11.4. The van der Waals surface area contributed by atoms with Crippen LogP contribution >= 0.6 is 35.3 Å². The van der Waals surface area contributed by atoms with Crippen molar-refractivity contribution < 1.29 is 5.11 Å². The molecule has 0 radical (unpaired) electrons. The average molecular weight is 524 g/mol. The molecule has 0 amide bonds. The van der Waals surface area contributed by atoms with Gasteiger partial charge in [-0.15, -0.1) is 35.3 Å². The Labute approximate surface area is 193 Å². The van der Waals surface area contributed by atoms with E-state index >= 15 is 0 Å². The number of guanidine groups is 1. The molecule has 5 nitrogen and oxygen atoms in total. The van der Waals surface area contributed by atoms with Crippen molar-refractivity contribution in [3.63, 3.8) is 0 Å². The number of hydrogen-bond donors (Lipinski definition) is 3. The van der Waals surface area contributed by atoms with Crippen LogP contribution in [-0.2, 0) is 6.54 Å². The second-order valence-electron chi connectivity index (χ2n) is 6.84. The van der Waals surface area contributed by atoms with Crippen molar-refractivity contribution in [1.29, 1.82) is 0 Å². The Kier molecular flexibility index (Phi) is 9.19. The van der Waals surface area contributed by atoms with E-state index in [1.54, 1.807) is 11.3 Å². The van der Waals surface area contributed by atoms with Crippen LogP contribution < -0.4 is 15.5 Å². The molecule has 1 aromatic heterocycles. The van der Waals surface area contributed by atoms with Gasteiger partial charge in [0.2, 0.25) is 0 Å². The summed E-state index contributed by atoms with van der Waals surface area (Å²) in [4.78, 5) is 7.68. The number of aliphatic imine (C=N–C) groups is 1. The Morgan fingerprint density at radius 2 is 1.83 bits per heavy atom. The van der Waals surface area contributed by atoms with E-state index in [4.69, 9.17) is 0 Å².